The molecule has 3 atom stereocenters. The lowest BCUT2D eigenvalue weighted by molar-refractivity contribution is 0.909. The standard InChI is InChI=1S/C46H34P2/c1-5-13-31(14-6-1)33-21-23-39-43(29-33)47(35-17-9-3-10-18-35)41-27-25-38-37(45(39)41)26-28-42-46(38)40-24-22-34(32-15-7-2-8-16-32)30-44(40)48(42)36-19-11-4-12-20-36/h1-11,13-19,21-24,26-30,38H,12,20,25H2. The number of hydrogen-bond acceptors (Lipinski definition) is 0. The van der Waals surface area contributed by atoms with E-state index < -0.39 is 15.1 Å². The summed E-state index contributed by atoms with van der Waals surface area (Å²) in [6.07, 6.45) is 18.1. The second kappa shape index (κ2) is 11.4. The van der Waals surface area contributed by atoms with E-state index >= 15 is 0 Å². The zero-order chi connectivity index (χ0) is 31.6. The average molecular weight is 649 g/mol. The molecule has 5 aromatic carbocycles. The van der Waals surface area contributed by atoms with E-state index in [-0.39, 0.29) is 0 Å². The smallest absolute Gasteiger partial charge is 0.0146 e. The van der Waals surface area contributed by atoms with Crippen LogP contribution >= 0.6 is 15.1 Å². The van der Waals surface area contributed by atoms with Crippen LogP contribution in [0.15, 0.2) is 152 Å². The van der Waals surface area contributed by atoms with E-state index in [1.165, 1.54) is 54.2 Å². The van der Waals surface area contributed by atoms with Gasteiger partial charge in [0.2, 0.25) is 0 Å². The summed E-state index contributed by atoms with van der Waals surface area (Å²) in [5.41, 5.74) is 8.33. The summed E-state index contributed by atoms with van der Waals surface area (Å²) in [6, 6.07) is 47.7. The third-order valence-corrected chi connectivity index (χ3v) is 15.8. The van der Waals surface area contributed by atoms with Crippen molar-refractivity contribution in [3.63, 3.8) is 0 Å². The summed E-state index contributed by atoms with van der Waals surface area (Å²) in [6.45, 7) is 0. The second-order valence-corrected chi connectivity index (χ2v) is 17.5. The Morgan fingerprint density at radius 1 is 0.583 bits per heavy atom. The van der Waals surface area contributed by atoms with Crippen LogP contribution in [0.25, 0.3) is 71.6 Å². The molecule has 7 aromatic rings. The van der Waals surface area contributed by atoms with Crippen LogP contribution in [0.3, 0.4) is 0 Å². The molecule has 0 saturated heterocycles. The van der Waals surface area contributed by atoms with Crippen molar-refractivity contribution in [1.82, 2.24) is 0 Å². The van der Waals surface area contributed by atoms with Gasteiger partial charge >= 0.3 is 0 Å². The summed E-state index contributed by atoms with van der Waals surface area (Å²) in [5.74, 6) is 0.379. The van der Waals surface area contributed by atoms with Gasteiger partial charge in [-0.2, -0.15) is 0 Å². The van der Waals surface area contributed by atoms with Gasteiger partial charge in [0.15, 0.2) is 0 Å². The van der Waals surface area contributed by atoms with Crippen molar-refractivity contribution in [2.45, 2.75) is 25.2 Å². The third kappa shape index (κ3) is 4.37. The van der Waals surface area contributed by atoms with E-state index in [1.807, 2.05) is 0 Å². The minimum atomic E-state index is -0.628. The Balaban J connectivity index is 1.25. The quantitative estimate of drug-likeness (QED) is 0.178. The van der Waals surface area contributed by atoms with Crippen molar-refractivity contribution in [2.24, 2.45) is 0 Å². The van der Waals surface area contributed by atoms with Gasteiger partial charge in [-0.25, -0.2) is 0 Å². The number of benzene rings is 5. The summed E-state index contributed by atoms with van der Waals surface area (Å²) in [7, 11) is -1.18. The van der Waals surface area contributed by atoms with Crippen LogP contribution in [0, 0.1) is 0 Å². The second-order valence-electron chi connectivity index (χ2n) is 13.2. The summed E-state index contributed by atoms with van der Waals surface area (Å²) in [5, 5.41) is 12.1. The predicted molar refractivity (Wildman–Crippen MR) is 212 cm³/mol. The number of allylic oxidation sites excluding steroid dienone is 5. The maximum atomic E-state index is 2.63. The van der Waals surface area contributed by atoms with Gasteiger partial charge in [0.25, 0.3) is 0 Å². The molecule has 3 aliphatic rings. The zero-order valence-corrected chi connectivity index (χ0v) is 28.5. The highest BCUT2D eigenvalue weighted by Gasteiger charge is 2.32. The van der Waals surface area contributed by atoms with Crippen LogP contribution in [0.1, 0.15) is 36.0 Å². The molecule has 0 fully saturated rings. The van der Waals surface area contributed by atoms with Crippen molar-refractivity contribution >= 4 is 59.1 Å². The SMILES string of the molecule is C1=CCCC(p2c3c(c4ccc(-c5ccccc5)cc42)C2CC=c4c(c5ccc(-c6ccccc6)cc5p4-c4ccccc4)=C2C=C3)=C1. The normalized spacial score (nSPS) is 17.1. The molecule has 0 amide bonds. The van der Waals surface area contributed by atoms with E-state index in [2.05, 4.69) is 164 Å². The molecule has 3 unspecified atom stereocenters. The van der Waals surface area contributed by atoms with Gasteiger partial charge in [0.05, 0.1) is 0 Å². The summed E-state index contributed by atoms with van der Waals surface area (Å²) < 4.78 is 0. The molecule has 2 heteroatoms. The van der Waals surface area contributed by atoms with Gasteiger partial charge in [0, 0.05) is 26.4 Å². The lowest BCUT2D eigenvalue weighted by Crippen LogP contribution is -2.29. The lowest BCUT2D eigenvalue weighted by Gasteiger charge is -2.25. The van der Waals surface area contributed by atoms with E-state index in [0.717, 1.165) is 19.3 Å². The Morgan fingerprint density at radius 3 is 1.90 bits per heavy atom. The first-order valence-corrected chi connectivity index (χ1v) is 19.8. The van der Waals surface area contributed by atoms with Gasteiger partial charge in [-0.1, -0.05) is 167 Å². The van der Waals surface area contributed by atoms with Crippen LogP contribution in [-0.2, 0) is 0 Å². The maximum absolute atomic E-state index is 2.63. The molecule has 0 aliphatic heterocycles. The topological polar surface area (TPSA) is 0 Å². The third-order valence-electron chi connectivity index (χ3n) is 10.5. The fourth-order valence-electron chi connectivity index (χ4n) is 8.40. The van der Waals surface area contributed by atoms with Crippen LogP contribution in [0.5, 0.6) is 0 Å². The van der Waals surface area contributed by atoms with Crippen molar-refractivity contribution in [3.8, 4) is 27.6 Å². The molecular weight excluding hydrogens is 614 g/mol. The molecule has 2 aromatic heterocycles. The number of rotatable bonds is 4. The molecule has 0 saturated carbocycles. The molecule has 10 rings (SSSR count). The Hall–Kier alpha value is -4.86. The van der Waals surface area contributed by atoms with Gasteiger partial charge < -0.3 is 0 Å². The van der Waals surface area contributed by atoms with Crippen LogP contribution in [-0.4, -0.2) is 0 Å². The van der Waals surface area contributed by atoms with Gasteiger partial charge in [-0.15, -0.1) is 0 Å². The number of fused-ring (bicyclic) bond motifs is 8. The number of hydrogen-bond donors (Lipinski definition) is 0. The summed E-state index contributed by atoms with van der Waals surface area (Å²) >= 11 is 0. The lowest BCUT2D eigenvalue weighted by atomic mass is 9.80. The van der Waals surface area contributed by atoms with E-state index in [9.17, 15) is 0 Å². The van der Waals surface area contributed by atoms with Gasteiger partial charge in [-0.05, 0) is 91.4 Å². The Morgan fingerprint density at radius 2 is 1.23 bits per heavy atom. The van der Waals surface area contributed by atoms with Crippen molar-refractivity contribution in [2.75, 3.05) is 0 Å². The van der Waals surface area contributed by atoms with Gasteiger partial charge in [-0.3, -0.25) is 0 Å². The molecule has 0 radical (unpaired) electrons. The fraction of sp³-hybridized carbons (Fsp3) is 0.0870. The Bertz CT molecular complexity index is 2610. The Kier molecular flexibility index (Phi) is 6.69. The summed E-state index contributed by atoms with van der Waals surface area (Å²) in [4.78, 5) is 1.55. The first-order valence-electron chi connectivity index (χ1n) is 17.1. The van der Waals surface area contributed by atoms with Crippen LogP contribution in [0.4, 0.5) is 0 Å². The van der Waals surface area contributed by atoms with Crippen LogP contribution in [0.2, 0.25) is 0 Å². The van der Waals surface area contributed by atoms with Crippen LogP contribution < -0.4 is 10.2 Å². The molecule has 2 heterocycles. The highest BCUT2D eigenvalue weighted by Crippen LogP contribution is 2.61. The zero-order valence-electron chi connectivity index (χ0n) is 26.7. The largest absolute Gasteiger partial charge is 0.0842 e. The van der Waals surface area contributed by atoms with Crippen molar-refractivity contribution in [1.29, 1.82) is 0 Å². The van der Waals surface area contributed by atoms with E-state index in [1.54, 1.807) is 26.2 Å². The predicted octanol–water partition coefficient (Wildman–Crippen LogP) is 12.6. The minimum Gasteiger partial charge on any atom is -0.0842 e. The fourth-order valence-corrected chi connectivity index (χ4v) is 14.1. The molecular formula is C46H34P2. The molecule has 0 nitrogen and oxygen atoms in total. The van der Waals surface area contributed by atoms with E-state index in [0.29, 0.717) is 5.92 Å². The first-order chi connectivity index (χ1) is 23.8. The van der Waals surface area contributed by atoms with Gasteiger partial charge in [0.1, 0.15) is 0 Å². The minimum absolute atomic E-state index is 0.379. The monoisotopic (exact) mass is 648 g/mol. The van der Waals surface area contributed by atoms with Crippen molar-refractivity contribution in [3.05, 3.63) is 173 Å². The molecule has 228 valence electrons. The highest BCUT2D eigenvalue weighted by atomic mass is 31.1. The van der Waals surface area contributed by atoms with E-state index in [4.69, 9.17) is 0 Å². The maximum Gasteiger partial charge on any atom is 0.0146 e. The molecule has 3 aliphatic carbocycles. The molecule has 0 N–H and O–H groups in total. The first kappa shape index (κ1) is 28.2. The Labute approximate surface area is 283 Å². The molecule has 0 bridgehead atoms. The molecule has 0 spiro atoms. The average Bonchev–Trinajstić information content (AvgIpc) is 3.68. The van der Waals surface area contributed by atoms with Crippen molar-refractivity contribution < 1.29 is 0 Å². The highest BCUT2D eigenvalue weighted by molar-refractivity contribution is 7.67. The molecule has 48 heavy (non-hydrogen) atoms.